The minimum Gasteiger partial charge on any atom is -0.481 e. The number of halogens is 1. The Bertz CT molecular complexity index is 1730. The van der Waals surface area contributed by atoms with Crippen LogP contribution in [-0.2, 0) is 20.6 Å². The lowest BCUT2D eigenvalue weighted by Gasteiger charge is -2.16. The summed E-state index contributed by atoms with van der Waals surface area (Å²) < 4.78 is 7.56. The van der Waals surface area contributed by atoms with Crippen LogP contribution < -0.4 is 32.4 Å². The van der Waals surface area contributed by atoms with Gasteiger partial charge in [0.2, 0.25) is 5.88 Å². The number of nitrogens with two attached hydrogens (primary N) is 1. The number of nitrogens with one attached hydrogen (secondary N) is 2. The highest BCUT2D eigenvalue weighted by molar-refractivity contribution is 6.36. The second-order valence-electron chi connectivity index (χ2n) is 9.43. The van der Waals surface area contributed by atoms with Crippen molar-refractivity contribution in [2.75, 3.05) is 19.0 Å². The fourth-order valence-corrected chi connectivity index (χ4v) is 4.72. The number of benzene rings is 2. The maximum atomic E-state index is 13.0. The largest absolute Gasteiger partial charge is 0.481 e. The average molecular weight is 579 g/mol. The second kappa shape index (κ2) is 12.5. The lowest BCUT2D eigenvalue weighted by Crippen LogP contribution is -2.40. The van der Waals surface area contributed by atoms with Gasteiger partial charge in [0.15, 0.2) is 0 Å². The Hall–Kier alpha value is -4.29. The Kier molecular flexibility index (Phi) is 9.04. The van der Waals surface area contributed by atoms with Gasteiger partial charge < -0.3 is 25.5 Å². The van der Waals surface area contributed by atoms with Gasteiger partial charge in [-0.3, -0.25) is 19.5 Å². The van der Waals surface area contributed by atoms with Crippen LogP contribution in [0.15, 0.2) is 64.3 Å². The SMILES string of the molecule is COc1nc(-c2cccc(-c3cccc(NC(=O)c4cn(C)c(=O)n(C)c4=O)c3C)c2Cl)ccc1CN[C@H](N)CO. The molecule has 2 aromatic carbocycles. The fourth-order valence-electron chi connectivity index (χ4n) is 4.39. The summed E-state index contributed by atoms with van der Waals surface area (Å²) in [6, 6.07) is 14.6. The van der Waals surface area contributed by atoms with Crippen LogP contribution in [0.4, 0.5) is 5.69 Å². The highest BCUT2D eigenvalue weighted by Gasteiger charge is 2.19. The van der Waals surface area contributed by atoms with Gasteiger partial charge in [0.1, 0.15) is 5.56 Å². The molecule has 0 unspecified atom stereocenters. The molecule has 2 aromatic heterocycles. The van der Waals surface area contributed by atoms with Crippen molar-refractivity contribution in [3.05, 3.63) is 97.3 Å². The summed E-state index contributed by atoms with van der Waals surface area (Å²) in [5.74, 6) is -0.237. The number of nitrogens with zero attached hydrogens (tertiary/aromatic N) is 3. The van der Waals surface area contributed by atoms with Crippen LogP contribution in [0.3, 0.4) is 0 Å². The van der Waals surface area contributed by atoms with E-state index in [1.807, 2.05) is 43.3 Å². The summed E-state index contributed by atoms with van der Waals surface area (Å²) >= 11 is 6.93. The number of anilines is 1. The van der Waals surface area contributed by atoms with Gasteiger partial charge in [0.05, 0.1) is 30.6 Å². The summed E-state index contributed by atoms with van der Waals surface area (Å²) in [5, 5.41) is 15.4. The Morgan fingerprint density at radius 3 is 2.49 bits per heavy atom. The minimum atomic E-state index is -0.684. The molecular formula is C29H31ClN6O5. The summed E-state index contributed by atoms with van der Waals surface area (Å²) in [6.07, 6.45) is 0.657. The third-order valence-electron chi connectivity index (χ3n) is 6.72. The molecule has 214 valence electrons. The Labute approximate surface area is 241 Å². The maximum absolute atomic E-state index is 13.0. The molecule has 0 saturated carbocycles. The molecular weight excluding hydrogens is 548 g/mol. The Balaban J connectivity index is 1.68. The van der Waals surface area contributed by atoms with E-state index < -0.39 is 23.3 Å². The third kappa shape index (κ3) is 6.08. The van der Waals surface area contributed by atoms with E-state index in [0.29, 0.717) is 34.4 Å². The topological polar surface area (TPSA) is 154 Å². The quantitative estimate of drug-likeness (QED) is 0.221. The highest BCUT2D eigenvalue weighted by Crippen LogP contribution is 2.39. The van der Waals surface area contributed by atoms with E-state index in [9.17, 15) is 14.4 Å². The number of amides is 1. The van der Waals surface area contributed by atoms with Gasteiger partial charge in [-0.2, -0.15) is 0 Å². The molecule has 1 atom stereocenters. The number of carbonyl (C=O) groups excluding carboxylic acids is 1. The first-order valence-corrected chi connectivity index (χ1v) is 13.1. The van der Waals surface area contributed by atoms with Crippen molar-refractivity contribution in [3.8, 4) is 28.3 Å². The van der Waals surface area contributed by atoms with Crippen molar-refractivity contribution in [3.63, 3.8) is 0 Å². The Morgan fingerprint density at radius 2 is 1.78 bits per heavy atom. The predicted octanol–water partition coefficient (Wildman–Crippen LogP) is 2.40. The molecule has 0 bridgehead atoms. The van der Waals surface area contributed by atoms with E-state index in [0.717, 1.165) is 26.8 Å². The average Bonchev–Trinajstić information content (AvgIpc) is 2.97. The van der Waals surface area contributed by atoms with Crippen LogP contribution in [0.2, 0.25) is 5.02 Å². The first-order valence-electron chi connectivity index (χ1n) is 12.7. The van der Waals surface area contributed by atoms with Crippen LogP contribution in [0.1, 0.15) is 21.5 Å². The van der Waals surface area contributed by atoms with Crippen LogP contribution in [0.5, 0.6) is 5.88 Å². The van der Waals surface area contributed by atoms with E-state index >= 15 is 0 Å². The number of carbonyl (C=O) groups is 1. The predicted molar refractivity (Wildman–Crippen MR) is 158 cm³/mol. The third-order valence-corrected chi connectivity index (χ3v) is 7.13. The van der Waals surface area contributed by atoms with E-state index in [1.54, 1.807) is 12.1 Å². The standard InChI is InChI=1S/C29H31ClN6O5/c1-16-18(7-6-10-22(16)33-26(38)21-14-35(2)29(40)36(3)28(21)39)19-8-5-9-20(25(19)30)23-12-11-17(27(34-23)41-4)13-32-24(31)15-37/h5-12,14,24,32,37H,13,15,31H2,1-4H3,(H,33,38)/t24-/m0/s1. The molecule has 1 amide bonds. The molecule has 0 saturated heterocycles. The normalized spacial score (nSPS) is 11.8. The smallest absolute Gasteiger partial charge is 0.330 e. The lowest BCUT2D eigenvalue weighted by atomic mass is 9.96. The molecule has 11 nitrogen and oxygen atoms in total. The zero-order chi connectivity index (χ0) is 29.8. The van der Waals surface area contributed by atoms with Crippen molar-refractivity contribution in [2.24, 2.45) is 19.8 Å². The van der Waals surface area contributed by atoms with E-state index in [4.69, 9.17) is 27.2 Å². The van der Waals surface area contributed by atoms with Crippen LogP contribution in [0, 0.1) is 6.92 Å². The first kappa shape index (κ1) is 29.7. The van der Waals surface area contributed by atoms with Crippen molar-refractivity contribution in [1.29, 1.82) is 0 Å². The number of aliphatic hydroxyl groups excluding tert-OH is 1. The van der Waals surface area contributed by atoms with E-state index in [-0.39, 0.29) is 12.2 Å². The lowest BCUT2D eigenvalue weighted by molar-refractivity contribution is 0.102. The Morgan fingerprint density at radius 1 is 1.10 bits per heavy atom. The van der Waals surface area contributed by atoms with Gasteiger partial charge in [-0.05, 0) is 30.2 Å². The van der Waals surface area contributed by atoms with Gasteiger partial charge in [-0.25, -0.2) is 9.78 Å². The van der Waals surface area contributed by atoms with Gasteiger partial charge >= 0.3 is 5.69 Å². The van der Waals surface area contributed by atoms with Crippen molar-refractivity contribution >= 4 is 23.2 Å². The van der Waals surface area contributed by atoms with Crippen LogP contribution in [-0.4, -0.2) is 45.0 Å². The molecule has 41 heavy (non-hydrogen) atoms. The van der Waals surface area contributed by atoms with Crippen molar-refractivity contribution < 1.29 is 14.6 Å². The number of hydrogen-bond donors (Lipinski definition) is 4. The van der Waals surface area contributed by atoms with E-state index in [2.05, 4.69) is 15.6 Å². The number of aromatic nitrogens is 3. The minimum absolute atomic E-state index is 0.156. The van der Waals surface area contributed by atoms with Crippen molar-refractivity contribution in [1.82, 2.24) is 19.4 Å². The molecule has 5 N–H and O–H groups in total. The molecule has 0 aliphatic carbocycles. The first-order chi connectivity index (χ1) is 19.6. The van der Waals surface area contributed by atoms with Crippen LogP contribution in [0.25, 0.3) is 22.4 Å². The van der Waals surface area contributed by atoms with Crippen LogP contribution >= 0.6 is 11.6 Å². The number of methoxy groups -OCH3 is 1. The summed E-state index contributed by atoms with van der Waals surface area (Å²) in [5.41, 5.74) is 9.12. The van der Waals surface area contributed by atoms with Gasteiger partial charge in [-0.1, -0.05) is 48.0 Å². The highest BCUT2D eigenvalue weighted by atomic mass is 35.5. The number of pyridine rings is 1. The summed E-state index contributed by atoms with van der Waals surface area (Å²) in [4.78, 5) is 42.2. The summed E-state index contributed by atoms with van der Waals surface area (Å²) in [6.45, 7) is 1.99. The zero-order valence-corrected chi connectivity index (χ0v) is 23.8. The molecule has 4 aromatic rings. The maximum Gasteiger partial charge on any atom is 0.330 e. The molecule has 4 rings (SSSR count). The molecule has 2 heterocycles. The van der Waals surface area contributed by atoms with Gasteiger partial charge in [-0.15, -0.1) is 0 Å². The molecule has 0 fully saturated rings. The monoisotopic (exact) mass is 578 g/mol. The van der Waals surface area contributed by atoms with Crippen molar-refractivity contribution in [2.45, 2.75) is 19.6 Å². The molecule has 12 heteroatoms. The van der Waals surface area contributed by atoms with Gasteiger partial charge in [0, 0.05) is 49.2 Å². The zero-order valence-electron chi connectivity index (χ0n) is 23.1. The summed E-state index contributed by atoms with van der Waals surface area (Å²) in [7, 11) is 4.32. The van der Waals surface area contributed by atoms with Gasteiger partial charge in [0.25, 0.3) is 11.5 Å². The molecule has 0 spiro atoms. The molecule has 0 aliphatic heterocycles. The number of ether oxygens (including phenoxy) is 1. The number of aliphatic hydroxyl groups is 1. The number of aryl methyl sites for hydroxylation is 1. The number of rotatable bonds is 9. The molecule has 0 radical (unpaired) electrons. The molecule has 0 aliphatic rings. The van der Waals surface area contributed by atoms with E-state index in [1.165, 1.54) is 32.0 Å². The fraction of sp³-hybridized carbons (Fsp3) is 0.241. The number of hydrogen-bond acceptors (Lipinski definition) is 8. The second-order valence-corrected chi connectivity index (χ2v) is 9.81.